The number of hydrogen-bond donors (Lipinski definition) is 2. The van der Waals surface area contributed by atoms with E-state index in [2.05, 4.69) is 15.9 Å². The molecule has 0 fully saturated rings. The Hall–Kier alpha value is -0.870. The van der Waals surface area contributed by atoms with Crippen molar-refractivity contribution in [3.63, 3.8) is 0 Å². The molecule has 1 unspecified atom stereocenters. The van der Waals surface area contributed by atoms with Crippen LogP contribution in [0.25, 0.3) is 0 Å². The van der Waals surface area contributed by atoms with E-state index in [0.717, 1.165) is 10.0 Å². The van der Waals surface area contributed by atoms with Gasteiger partial charge in [-0.15, -0.1) is 0 Å². The summed E-state index contributed by atoms with van der Waals surface area (Å²) in [5.74, 6) is -1.00. The maximum atomic E-state index is 10.4. The highest BCUT2D eigenvalue weighted by Gasteiger charge is 2.12. The maximum absolute atomic E-state index is 10.4. The van der Waals surface area contributed by atoms with Gasteiger partial charge in [0.25, 0.3) is 0 Å². The zero-order valence-corrected chi connectivity index (χ0v) is 9.28. The molecule has 1 rings (SSSR count). The third-order valence-corrected chi connectivity index (χ3v) is 2.28. The van der Waals surface area contributed by atoms with Gasteiger partial charge in [0.15, 0.2) is 0 Å². The van der Waals surface area contributed by atoms with Crippen molar-refractivity contribution in [2.45, 2.75) is 19.4 Å². The second kappa shape index (κ2) is 4.57. The zero-order valence-electron chi connectivity index (χ0n) is 7.70. The molecule has 0 amide bonds. The van der Waals surface area contributed by atoms with Crippen LogP contribution in [-0.2, 0) is 4.79 Å². The van der Waals surface area contributed by atoms with Crippen molar-refractivity contribution >= 4 is 21.9 Å². The Balaban J connectivity index is 2.89. The number of halogens is 1. The van der Waals surface area contributed by atoms with Crippen LogP contribution in [0.1, 0.15) is 23.7 Å². The van der Waals surface area contributed by atoms with Crippen molar-refractivity contribution in [2.24, 2.45) is 0 Å². The molecule has 0 aliphatic carbocycles. The van der Waals surface area contributed by atoms with Crippen LogP contribution in [0.15, 0.2) is 22.7 Å². The molecule has 0 aliphatic heterocycles. The van der Waals surface area contributed by atoms with Gasteiger partial charge in [-0.1, -0.05) is 22.0 Å². The van der Waals surface area contributed by atoms with Gasteiger partial charge < -0.3 is 10.2 Å². The van der Waals surface area contributed by atoms with E-state index in [1.165, 1.54) is 0 Å². The fraction of sp³-hybridized carbons (Fsp3) is 0.300. The molecule has 0 aliphatic rings. The van der Waals surface area contributed by atoms with Crippen molar-refractivity contribution in [1.82, 2.24) is 0 Å². The highest BCUT2D eigenvalue weighted by atomic mass is 79.9. The Bertz CT molecular complexity index is 329. The predicted octanol–water partition coefficient (Wildman–Crippen LogP) is 2.27. The van der Waals surface area contributed by atoms with Crippen molar-refractivity contribution in [2.75, 3.05) is 0 Å². The van der Waals surface area contributed by atoms with Gasteiger partial charge >= 0.3 is 5.97 Å². The smallest absolute Gasteiger partial charge is 0.306 e. The number of aliphatic hydroxyl groups is 1. The minimum absolute atomic E-state index is 0.268. The Morgan fingerprint density at radius 2 is 2.14 bits per heavy atom. The Morgan fingerprint density at radius 3 is 2.64 bits per heavy atom. The first kappa shape index (κ1) is 11.2. The fourth-order valence-electron chi connectivity index (χ4n) is 1.24. The number of carboxylic acid groups (broad SMARTS) is 1. The first-order valence-electron chi connectivity index (χ1n) is 4.16. The first-order chi connectivity index (χ1) is 6.49. The number of aliphatic hydroxyl groups excluding tert-OH is 1. The topological polar surface area (TPSA) is 57.5 Å². The second-order valence-corrected chi connectivity index (χ2v) is 4.09. The summed E-state index contributed by atoms with van der Waals surface area (Å²) in [6.07, 6.45) is -1.21. The van der Waals surface area contributed by atoms with Crippen LogP contribution in [0.3, 0.4) is 0 Å². The number of rotatable bonds is 3. The molecule has 2 N–H and O–H groups in total. The lowest BCUT2D eigenvalue weighted by Gasteiger charge is -2.09. The van der Waals surface area contributed by atoms with Crippen LogP contribution in [0.5, 0.6) is 0 Å². The third-order valence-electron chi connectivity index (χ3n) is 1.82. The van der Waals surface area contributed by atoms with E-state index in [9.17, 15) is 9.90 Å². The summed E-state index contributed by atoms with van der Waals surface area (Å²) < 4.78 is 0.844. The molecule has 0 spiro atoms. The maximum Gasteiger partial charge on any atom is 0.306 e. The van der Waals surface area contributed by atoms with Crippen LogP contribution in [0.4, 0.5) is 0 Å². The van der Waals surface area contributed by atoms with E-state index in [1.54, 1.807) is 12.1 Å². The minimum atomic E-state index is -1.00. The summed E-state index contributed by atoms with van der Waals surface area (Å²) in [5, 5.41) is 18.1. The summed E-state index contributed by atoms with van der Waals surface area (Å²) >= 11 is 3.29. The predicted molar refractivity (Wildman–Crippen MR) is 56.1 cm³/mol. The molecule has 14 heavy (non-hydrogen) atoms. The molecule has 1 aromatic carbocycles. The molecular weight excluding hydrogens is 248 g/mol. The highest BCUT2D eigenvalue weighted by Crippen LogP contribution is 2.22. The van der Waals surface area contributed by atoms with Crippen LogP contribution < -0.4 is 0 Å². The van der Waals surface area contributed by atoms with Crippen LogP contribution in [0, 0.1) is 6.92 Å². The number of benzene rings is 1. The lowest BCUT2D eigenvalue weighted by atomic mass is 10.0. The molecule has 76 valence electrons. The molecule has 1 aromatic rings. The normalized spacial score (nSPS) is 12.5. The molecule has 0 aromatic heterocycles. The standard InChI is InChI=1S/C10H11BrO3/c1-6-2-7(4-8(11)3-6)9(12)5-10(13)14/h2-4,9,12H,5H2,1H3,(H,13,14). The van der Waals surface area contributed by atoms with Gasteiger partial charge in [-0.25, -0.2) is 0 Å². The molecule has 0 saturated heterocycles. The fourth-order valence-corrected chi connectivity index (χ4v) is 1.87. The van der Waals surface area contributed by atoms with Crippen molar-refractivity contribution < 1.29 is 15.0 Å². The molecule has 0 bridgehead atoms. The van der Waals surface area contributed by atoms with Gasteiger partial charge in [0, 0.05) is 4.47 Å². The number of carboxylic acids is 1. The van der Waals surface area contributed by atoms with Crippen molar-refractivity contribution in [1.29, 1.82) is 0 Å². The molecule has 0 heterocycles. The third kappa shape index (κ3) is 3.12. The first-order valence-corrected chi connectivity index (χ1v) is 4.95. The molecule has 1 atom stereocenters. The largest absolute Gasteiger partial charge is 0.481 e. The van der Waals surface area contributed by atoms with E-state index in [0.29, 0.717) is 5.56 Å². The van der Waals surface area contributed by atoms with E-state index in [1.807, 2.05) is 13.0 Å². The lowest BCUT2D eigenvalue weighted by molar-refractivity contribution is -0.139. The Labute approximate surface area is 90.5 Å². The Kier molecular flexibility index (Phi) is 3.66. The van der Waals surface area contributed by atoms with E-state index in [-0.39, 0.29) is 6.42 Å². The Morgan fingerprint density at radius 1 is 1.50 bits per heavy atom. The van der Waals surface area contributed by atoms with Crippen molar-refractivity contribution in [3.8, 4) is 0 Å². The van der Waals surface area contributed by atoms with Crippen molar-refractivity contribution in [3.05, 3.63) is 33.8 Å². The van der Waals surface area contributed by atoms with Gasteiger partial charge in [-0.2, -0.15) is 0 Å². The number of hydrogen-bond acceptors (Lipinski definition) is 2. The van der Waals surface area contributed by atoms with Gasteiger partial charge in [0.05, 0.1) is 12.5 Å². The van der Waals surface area contributed by atoms with Crippen LogP contribution in [-0.4, -0.2) is 16.2 Å². The monoisotopic (exact) mass is 258 g/mol. The highest BCUT2D eigenvalue weighted by molar-refractivity contribution is 9.10. The van der Waals surface area contributed by atoms with E-state index in [4.69, 9.17) is 5.11 Å². The quantitative estimate of drug-likeness (QED) is 0.875. The van der Waals surface area contributed by atoms with Gasteiger partial charge in [-0.05, 0) is 30.2 Å². The summed E-state index contributed by atoms with van der Waals surface area (Å²) in [6.45, 7) is 1.89. The van der Waals surface area contributed by atoms with Crippen LogP contribution in [0.2, 0.25) is 0 Å². The van der Waals surface area contributed by atoms with Gasteiger partial charge in [-0.3, -0.25) is 4.79 Å². The summed E-state index contributed by atoms with van der Waals surface area (Å²) in [7, 11) is 0. The SMILES string of the molecule is Cc1cc(Br)cc(C(O)CC(=O)O)c1. The molecule has 4 heteroatoms. The minimum Gasteiger partial charge on any atom is -0.481 e. The lowest BCUT2D eigenvalue weighted by Crippen LogP contribution is -2.05. The van der Waals surface area contributed by atoms with E-state index >= 15 is 0 Å². The zero-order chi connectivity index (χ0) is 10.7. The summed E-state index contributed by atoms with van der Waals surface area (Å²) in [4.78, 5) is 10.4. The number of aliphatic carboxylic acids is 1. The van der Waals surface area contributed by atoms with E-state index < -0.39 is 12.1 Å². The molecule has 0 radical (unpaired) electrons. The second-order valence-electron chi connectivity index (χ2n) is 3.18. The average molecular weight is 259 g/mol. The molecule has 3 nitrogen and oxygen atoms in total. The van der Waals surface area contributed by atoms with Gasteiger partial charge in [0.2, 0.25) is 0 Å². The van der Waals surface area contributed by atoms with Gasteiger partial charge in [0.1, 0.15) is 0 Å². The summed E-state index contributed by atoms with van der Waals surface area (Å²) in [6, 6.07) is 5.40. The average Bonchev–Trinajstić information content (AvgIpc) is 2.00. The summed E-state index contributed by atoms with van der Waals surface area (Å²) in [5.41, 5.74) is 1.61. The molecular formula is C10H11BrO3. The number of aryl methyl sites for hydroxylation is 1. The molecule has 0 saturated carbocycles. The number of carbonyl (C=O) groups is 1. The van der Waals surface area contributed by atoms with Crippen LogP contribution >= 0.6 is 15.9 Å².